The minimum absolute atomic E-state index is 0.206. The predicted molar refractivity (Wildman–Crippen MR) is 48.0 cm³/mol. The highest BCUT2D eigenvalue weighted by Crippen LogP contribution is 2.15. The molecule has 1 aromatic carbocycles. The van der Waals surface area contributed by atoms with E-state index in [0.717, 1.165) is 0 Å². The summed E-state index contributed by atoms with van der Waals surface area (Å²) in [6.07, 6.45) is 0. The lowest BCUT2D eigenvalue weighted by Gasteiger charge is -2.05. The summed E-state index contributed by atoms with van der Waals surface area (Å²) in [5.41, 5.74) is 0. The molecule has 1 atom stereocenters. The second kappa shape index (κ2) is 4.46. The summed E-state index contributed by atoms with van der Waals surface area (Å²) in [6.45, 7) is 8.64. The first kappa shape index (κ1) is 9.53. The van der Waals surface area contributed by atoms with Crippen LogP contribution in [-0.2, 0) is 0 Å². The molecule has 2 nitrogen and oxygen atoms in total. The Morgan fingerprint density at radius 1 is 1.54 bits per heavy atom. The number of rotatable bonds is 3. The average Bonchev–Trinajstić information content (AvgIpc) is 2.16. The number of halogens is 1. The Bertz CT molecular complexity index is 319. The topological polar surface area (TPSA) is 13.6 Å². The molecule has 0 bridgehead atoms. The van der Waals surface area contributed by atoms with Crippen LogP contribution in [0, 0.1) is 12.4 Å². The third-order valence-electron chi connectivity index (χ3n) is 1.54. The fourth-order valence-corrected chi connectivity index (χ4v) is 0.809. The van der Waals surface area contributed by atoms with E-state index in [1.165, 1.54) is 6.07 Å². The lowest BCUT2D eigenvalue weighted by Crippen LogP contribution is -2.10. The average molecular weight is 179 g/mol. The molecule has 1 unspecified atom stereocenters. The van der Waals surface area contributed by atoms with Crippen LogP contribution in [0.2, 0.25) is 0 Å². The van der Waals surface area contributed by atoms with Gasteiger partial charge in [-0.15, -0.1) is 0 Å². The second-order valence-electron chi connectivity index (χ2n) is 2.72. The molecule has 1 aromatic rings. The molecule has 0 fully saturated rings. The molecule has 0 aliphatic heterocycles. The maximum absolute atomic E-state index is 12.9. The van der Waals surface area contributed by atoms with Crippen LogP contribution in [-0.4, -0.2) is 12.6 Å². The fourth-order valence-electron chi connectivity index (χ4n) is 0.809. The molecule has 0 radical (unpaired) electrons. The van der Waals surface area contributed by atoms with Crippen LogP contribution in [0.1, 0.15) is 6.92 Å². The third kappa shape index (κ3) is 2.75. The van der Waals surface area contributed by atoms with E-state index in [1.54, 1.807) is 25.1 Å². The van der Waals surface area contributed by atoms with E-state index in [0.29, 0.717) is 0 Å². The predicted octanol–water partition coefficient (Wildman–Crippen LogP) is 2.51. The SMILES string of the molecule is [C-]#[N+]C(C)COc1ccccc1F. The summed E-state index contributed by atoms with van der Waals surface area (Å²) >= 11 is 0. The molecule has 3 heteroatoms. The Kier molecular flexibility index (Phi) is 3.27. The fraction of sp³-hybridized carbons (Fsp3) is 0.300. The maximum atomic E-state index is 12.9. The van der Waals surface area contributed by atoms with Gasteiger partial charge in [-0.05, 0) is 12.1 Å². The maximum Gasteiger partial charge on any atom is 0.254 e. The molecule has 0 heterocycles. The van der Waals surface area contributed by atoms with E-state index in [4.69, 9.17) is 11.3 Å². The summed E-state index contributed by atoms with van der Waals surface area (Å²) < 4.78 is 18.0. The first-order valence-electron chi connectivity index (χ1n) is 3.98. The van der Waals surface area contributed by atoms with Gasteiger partial charge in [0, 0.05) is 6.92 Å². The number of nitrogens with zero attached hydrogens (tertiary/aromatic N) is 1. The van der Waals surface area contributed by atoms with E-state index in [2.05, 4.69) is 4.85 Å². The van der Waals surface area contributed by atoms with Gasteiger partial charge in [0.25, 0.3) is 6.04 Å². The van der Waals surface area contributed by atoms with E-state index < -0.39 is 0 Å². The first-order valence-corrected chi connectivity index (χ1v) is 3.98. The van der Waals surface area contributed by atoms with Crippen LogP contribution in [0.3, 0.4) is 0 Å². The van der Waals surface area contributed by atoms with Gasteiger partial charge >= 0.3 is 0 Å². The largest absolute Gasteiger partial charge is 0.482 e. The van der Waals surface area contributed by atoms with Gasteiger partial charge in [-0.3, -0.25) is 0 Å². The number of hydrogen-bond donors (Lipinski definition) is 0. The highest BCUT2D eigenvalue weighted by atomic mass is 19.1. The molecule has 1 rings (SSSR count). The lowest BCUT2D eigenvalue weighted by molar-refractivity contribution is 0.294. The van der Waals surface area contributed by atoms with Gasteiger partial charge in [-0.25, -0.2) is 11.0 Å². The van der Waals surface area contributed by atoms with E-state index in [9.17, 15) is 4.39 Å². The zero-order valence-electron chi connectivity index (χ0n) is 7.33. The summed E-state index contributed by atoms with van der Waals surface area (Å²) in [4.78, 5) is 3.24. The lowest BCUT2D eigenvalue weighted by atomic mass is 10.3. The van der Waals surface area contributed by atoms with Crippen LogP contribution < -0.4 is 4.74 Å². The minimum Gasteiger partial charge on any atom is -0.482 e. The van der Waals surface area contributed by atoms with Crippen LogP contribution in [0.15, 0.2) is 24.3 Å². The zero-order chi connectivity index (χ0) is 9.68. The van der Waals surface area contributed by atoms with Gasteiger partial charge in [-0.2, -0.15) is 0 Å². The highest BCUT2D eigenvalue weighted by molar-refractivity contribution is 5.23. The van der Waals surface area contributed by atoms with Crippen molar-refractivity contribution in [2.24, 2.45) is 0 Å². The van der Waals surface area contributed by atoms with Crippen molar-refractivity contribution in [2.75, 3.05) is 6.61 Å². The summed E-state index contributed by atoms with van der Waals surface area (Å²) in [5, 5.41) is 0. The smallest absolute Gasteiger partial charge is 0.254 e. The van der Waals surface area contributed by atoms with Gasteiger partial charge in [0.05, 0.1) is 0 Å². The van der Waals surface area contributed by atoms with Crippen LogP contribution in [0.25, 0.3) is 4.85 Å². The molecule has 13 heavy (non-hydrogen) atoms. The molecule has 0 saturated carbocycles. The number of ether oxygens (including phenoxy) is 1. The third-order valence-corrected chi connectivity index (χ3v) is 1.54. The van der Waals surface area contributed by atoms with E-state index in [-0.39, 0.29) is 24.2 Å². The normalized spacial score (nSPS) is 11.8. The van der Waals surface area contributed by atoms with Gasteiger partial charge in [-0.1, -0.05) is 12.1 Å². The van der Waals surface area contributed by atoms with Crippen LogP contribution >= 0.6 is 0 Å². The van der Waals surface area contributed by atoms with Crippen molar-refractivity contribution in [3.63, 3.8) is 0 Å². The summed E-state index contributed by atoms with van der Waals surface area (Å²) in [6, 6.07) is 5.94. The monoisotopic (exact) mass is 179 g/mol. The molecular formula is C10H10FNO. The van der Waals surface area contributed by atoms with E-state index >= 15 is 0 Å². The zero-order valence-corrected chi connectivity index (χ0v) is 7.33. The number of benzene rings is 1. The van der Waals surface area contributed by atoms with E-state index in [1.807, 2.05) is 0 Å². The molecule has 0 N–H and O–H groups in total. The van der Waals surface area contributed by atoms with Crippen molar-refractivity contribution in [3.05, 3.63) is 41.5 Å². The van der Waals surface area contributed by atoms with Crippen LogP contribution in [0.5, 0.6) is 5.75 Å². The van der Waals surface area contributed by atoms with Gasteiger partial charge in [0.15, 0.2) is 18.2 Å². The first-order chi connectivity index (χ1) is 6.24. The van der Waals surface area contributed by atoms with Crippen molar-refractivity contribution in [1.29, 1.82) is 0 Å². The number of hydrogen-bond acceptors (Lipinski definition) is 1. The van der Waals surface area contributed by atoms with Crippen molar-refractivity contribution in [3.8, 4) is 5.75 Å². The molecule has 0 spiro atoms. The standard InChI is InChI=1S/C10H10FNO/c1-8(12-2)7-13-10-6-4-3-5-9(10)11/h3-6,8H,7H2,1H3. The van der Waals surface area contributed by atoms with Crippen molar-refractivity contribution in [1.82, 2.24) is 0 Å². The Labute approximate surface area is 76.8 Å². The highest BCUT2D eigenvalue weighted by Gasteiger charge is 2.07. The molecule has 0 amide bonds. The Hall–Kier alpha value is -1.56. The molecule has 68 valence electrons. The van der Waals surface area contributed by atoms with Gasteiger partial charge in [0.1, 0.15) is 0 Å². The quantitative estimate of drug-likeness (QED) is 0.650. The summed E-state index contributed by atoms with van der Waals surface area (Å²) in [7, 11) is 0. The van der Waals surface area contributed by atoms with Crippen molar-refractivity contribution < 1.29 is 9.13 Å². The number of para-hydroxylation sites is 1. The summed E-state index contributed by atoms with van der Waals surface area (Å²) in [5.74, 6) is -0.183. The van der Waals surface area contributed by atoms with Crippen LogP contribution in [0.4, 0.5) is 4.39 Å². The van der Waals surface area contributed by atoms with Gasteiger partial charge in [0.2, 0.25) is 0 Å². The Morgan fingerprint density at radius 3 is 2.85 bits per heavy atom. The molecular weight excluding hydrogens is 169 g/mol. The Morgan fingerprint density at radius 2 is 2.23 bits per heavy atom. The minimum atomic E-state index is -0.389. The van der Waals surface area contributed by atoms with Gasteiger partial charge < -0.3 is 9.58 Å². The molecule has 0 saturated heterocycles. The van der Waals surface area contributed by atoms with Crippen molar-refractivity contribution >= 4 is 0 Å². The van der Waals surface area contributed by atoms with Crippen molar-refractivity contribution in [2.45, 2.75) is 13.0 Å². The molecule has 0 aliphatic rings. The molecule has 0 aromatic heterocycles. The molecule has 0 aliphatic carbocycles. The second-order valence-corrected chi connectivity index (χ2v) is 2.72. The Balaban J connectivity index is 2.56.